The maximum absolute atomic E-state index is 14.7. The highest BCUT2D eigenvalue weighted by atomic mass is 19.4. The van der Waals surface area contributed by atoms with E-state index in [-0.39, 0.29) is 48.0 Å². The highest BCUT2D eigenvalue weighted by Crippen LogP contribution is 2.46. The number of hydrogen-bond acceptors (Lipinski definition) is 9. The van der Waals surface area contributed by atoms with E-state index in [1.165, 1.54) is 19.2 Å². The molecule has 0 bridgehead atoms. The molecule has 3 aliphatic heterocycles. The average molecular weight is 658 g/mol. The maximum Gasteiger partial charge on any atom is 0.417 e. The lowest BCUT2D eigenvalue weighted by atomic mass is 9.95. The number of aromatic amines is 2. The summed E-state index contributed by atoms with van der Waals surface area (Å²) in [6.07, 6.45) is -2.09. The van der Waals surface area contributed by atoms with Crippen LogP contribution in [0.25, 0.3) is 44.2 Å². The Kier molecular flexibility index (Phi) is 6.77. The van der Waals surface area contributed by atoms with Crippen molar-refractivity contribution < 1.29 is 32.1 Å². The third-order valence-corrected chi connectivity index (χ3v) is 9.94. The van der Waals surface area contributed by atoms with Crippen LogP contribution in [0.4, 0.5) is 23.4 Å². The van der Waals surface area contributed by atoms with E-state index in [4.69, 9.17) is 19.4 Å². The minimum Gasteiger partial charge on any atom is -0.461 e. The Hall–Kier alpha value is -4.02. The Bertz CT molecular complexity index is 2020. The normalized spacial score (nSPS) is 25.8. The first kappa shape index (κ1) is 30.3. The number of benzene rings is 1. The van der Waals surface area contributed by atoms with Gasteiger partial charge in [0.05, 0.1) is 59.2 Å². The number of aryl methyl sites for hydroxylation is 2. The molecule has 8 rings (SSSR count). The van der Waals surface area contributed by atoms with E-state index in [1.807, 2.05) is 4.90 Å². The SMILES string of the molecule is Cc1cc2[nH]ncc2c(-c2[nH]nc3c4c(N5CCOC[C@@](C)(O)C5)nc(OC[C@@]56CCCN5C[C@H](F)C6)nc4n(C)c23)c1C(F)(F)F. The fraction of sp³-hybridized carbons (Fsp3) is 0.548. The lowest BCUT2D eigenvalue weighted by Gasteiger charge is -2.31. The summed E-state index contributed by atoms with van der Waals surface area (Å²) in [4.78, 5) is 13.6. The fourth-order valence-corrected chi connectivity index (χ4v) is 7.96. The van der Waals surface area contributed by atoms with Gasteiger partial charge in [-0.3, -0.25) is 15.1 Å². The van der Waals surface area contributed by atoms with Crippen molar-refractivity contribution in [1.29, 1.82) is 0 Å². The van der Waals surface area contributed by atoms with Crippen molar-refractivity contribution in [2.45, 2.75) is 56.6 Å². The van der Waals surface area contributed by atoms with Gasteiger partial charge in [-0.25, -0.2) is 4.39 Å². The Balaban J connectivity index is 1.33. The van der Waals surface area contributed by atoms with Crippen LogP contribution in [0.2, 0.25) is 0 Å². The van der Waals surface area contributed by atoms with Crippen molar-refractivity contribution in [3.8, 4) is 17.3 Å². The molecular formula is C31H35F4N9O3. The van der Waals surface area contributed by atoms with Gasteiger partial charge in [0.25, 0.3) is 0 Å². The van der Waals surface area contributed by atoms with Gasteiger partial charge in [0.1, 0.15) is 29.7 Å². The molecule has 3 N–H and O–H groups in total. The molecule has 0 amide bonds. The van der Waals surface area contributed by atoms with E-state index >= 15 is 0 Å². The number of nitrogens with one attached hydrogen (secondary N) is 2. The number of aliphatic hydroxyl groups is 1. The van der Waals surface area contributed by atoms with Crippen LogP contribution in [0.3, 0.4) is 0 Å². The third-order valence-electron chi connectivity index (χ3n) is 9.94. The van der Waals surface area contributed by atoms with Gasteiger partial charge in [-0.1, -0.05) is 0 Å². The Morgan fingerprint density at radius 1 is 1.21 bits per heavy atom. The summed E-state index contributed by atoms with van der Waals surface area (Å²) in [5, 5.41) is 26.1. The number of H-pyrrole nitrogens is 2. The van der Waals surface area contributed by atoms with E-state index in [1.54, 1.807) is 18.5 Å². The number of β-amino-alcohol motifs (C(OH)–C–C–N with tert-alkyl or cyclic N) is 1. The van der Waals surface area contributed by atoms with Crippen molar-refractivity contribution in [1.82, 2.24) is 39.8 Å². The molecule has 250 valence electrons. The zero-order valence-corrected chi connectivity index (χ0v) is 26.2. The molecule has 3 aliphatic rings. The van der Waals surface area contributed by atoms with Crippen molar-refractivity contribution in [3.05, 3.63) is 23.4 Å². The number of ether oxygens (including phenoxy) is 2. The number of alkyl halides is 4. The third kappa shape index (κ3) is 4.82. The number of anilines is 1. The van der Waals surface area contributed by atoms with Crippen LogP contribution in [0.5, 0.6) is 6.01 Å². The highest BCUT2D eigenvalue weighted by Gasteiger charge is 2.49. The second kappa shape index (κ2) is 10.5. The first-order valence-electron chi connectivity index (χ1n) is 15.7. The molecular weight excluding hydrogens is 622 g/mol. The predicted octanol–water partition coefficient (Wildman–Crippen LogP) is 4.26. The van der Waals surface area contributed by atoms with Gasteiger partial charge in [-0.2, -0.15) is 33.3 Å². The smallest absolute Gasteiger partial charge is 0.417 e. The quantitative estimate of drug-likeness (QED) is 0.237. The van der Waals surface area contributed by atoms with Crippen molar-refractivity contribution in [3.63, 3.8) is 0 Å². The number of hydrogen-bond donors (Lipinski definition) is 3. The monoisotopic (exact) mass is 657 g/mol. The average Bonchev–Trinajstić information content (AvgIpc) is 3.79. The zero-order chi connectivity index (χ0) is 32.9. The molecule has 0 unspecified atom stereocenters. The van der Waals surface area contributed by atoms with Gasteiger partial charge < -0.3 is 24.0 Å². The summed E-state index contributed by atoms with van der Waals surface area (Å²) in [7, 11) is 1.71. The van der Waals surface area contributed by atoms with Crippen molar-refractivity contribution >= 4 is 38.8 Å². The molecule has 7 heterocycles. The summed E-state index contributed by atoms with van der Waals surface area (Å²) in [6, 6.07) is 1.49. The molecule has 1 aromatic carbocycles. The van der Waals surface area contributed by atoms with E-state index in [0.29, 0.717) is 59.5 Å². The van der Waals surface area contributed by atoms with Crippen LogP contribution in [-0.4, -0.2) is 108 Å². The van der Waals surface area contributed by atoms with Gasteiger partial charge >= 0.3 is 12.2 Å². The van der Waals surface area contributed by atoms with E-state index in [9.17, 15) is 22.7 Å². The molecule has 3 atom stereocenters. The van der Waals surface area contributed by atoms with Crippen LogP contribution >= 0.6 is 0 Å². The Labute approximate surface area is 266 Å². The van der Waals surface area contributed by atoms with E-state index < -0.39 is 29.1 Å². The van der Waals surface area contributed by atoms with E-state index in [2.05, 4.69) is 25.3 Å². The molecule has 0 radical (unpaired) electrons. The first-order chi connectivity index (χ1) is 22.4. The molecule has 0 saturated carbocycles. The lowest BCUT2D eigenvalue weighted by molar-refractivity contribution is -0.137. The van der Waals surface area contributed by atoms with Crippen LogP contribution in [0.15, 0.2) is 12.3 Å². The topological polar surface area (TPSA) is 133 Å². The largest absolute Gasteiger partial charge is 0.461 e. The number of fused-ring (bicyclic) bond motifs is 5. The highest BCUT2D eigenvalue weighted by molar-refractivity contribution is 6.15. The summed E-state index contributed by atoms with van der Waals surface area (Å²) in [6.45, 7) is 5.44. The minimum absolute atomic E-state index is 0.0384. The molecule has 4 aromatic heterocycles. The van der Waals surface area contributed by atoms with Crippen molar-refractivity contribution in [2.75, 3.05) is 50.9 Å². The summed E-state index contributed by atoms with van der Waals surface area (Å²) in [5.41, 5.74) is -0.717. The molecule has 5 aromatic rings. The van der Waals surface area contributed by atoms with Gasteiger partial charge in [-0.15, -0.1) is 0 Å². The standard InChI is InChI=1S/C31H35F4N9O3/c1-16-9-19-18(11-36-39-19)20(22(16)31(33,34)35)23-25-24(41-40-23)21-26(42(25)3)37-28(38-27(21)43-7-8-46-14-29(2,45)13-43)47-15-30-5-4-6-44(30)12-17(32)10-30/h9,11,17,45H,4-8,10,12-15H2,1-3H3,(H,36,39)(H,40,41)/t17-,29+,30+/m1/s1. The van der Waals surface area contributed by atoms with Gasteiger partial charge in [-0.05, 0) is 44.9 Å². The van der Waals surface area contributed by atoms with Gasteiger partial charge in [0, 0.05) is 37.5 Å². The predicted molar refractivity (Wildman–Crippen MR) is 165 cm³/mol. The second-order valence-corrected chi connectivity index (χ2v) is 13.5. The first-order valence-corrected chi connectivity index (χ1v) is 15.7. The van der Waals surface area contributed by atoms with Gasteiger partial charge in [0.15, 0.2) is 5.65 Å². The second-order valence-electron chi connectivity index (χ2n) is 13.5. The molecule has 0 aliphatic carbocycles. The lowest BCUT2D eigenvalue weighted by Crippen LogP contribution is -2.44. The van der Waals surface area contributed by atoms with Crippen LogP contribution in [0.1, 0.15) is 37.3 Å². The zero-order valence-electron chi connectivity index (χ0n) is 26.2. The molecule has 0 spiro atoms. The number of halogens is 4. The summed E-state index contributed by atoms with van der Waals surface area (Å²) in [5.74, 6) is 0.406. The van der Waals surface area contributed by atoms with Crippen LogP contribution in [-0.2, 0) is 18.0 Å². The van der Waals surface area contributed by atoms with Crippen LogP contribution in [0, 0.1) is 6.92 Å². The Morgan fingerprint density at radius 2 is 2.04 bits per heavy atom. The molecule has 47 heavy (non-hydrogen) atoms. The molecule has 3 fully saturated rings. The molecule has 16 heteroatoms. The molecule has 3 saturated heterocycles. The van der Waals surface area contributed by atoms with Crippen LogP contribution < -0.4 is 9.64 Å². The number of rotatable bonds is 5. The summed E-state index contributed by atoms with van der Waals surface area (Å²) >= 11 is 0. The number of aromatic nitrogens is 7. The Morgan fingerprint density at radius 3 is 2.85 bits per heavy atom. The summed E-state index contributed by atoms with van der Waals surface area (Å²) < 4.78 is 72.1. The maximum atomic E-state index is 14.7. The minimum atomic E-state index is -4.66. The fourth-order valence-electron chi connectivity index (χ4n) is 7.96. The number of nitrogens with zero attached hydrogens (tertiary/aromatic N) is 7. The van der Waals surface area contributed by atoms with E-state index in [0.717, 1.165) is 19.4 Å². The van der Waals surface area contributed by atoms with Gasteiger partial charge in [0.2, 0.25) is 0 Å². The van der Waals surface area contributed by atoms with Crippen molar-refractivity contribution in [2.24, 2.45) is 7.05 Å². The molecule has 12 nitrogen and oxygen atoms in total.